The minimum Gasteiger partial charge on any atom is -0.507 e. The van der Waals surface area contributed by atoms with Gasteiger partial charge in [0.2, 0.25) is 0 Å². The van der Waals surface area contributed by atoms with Gasteiger partial charge in [0.25, 0.3) is 0 Å². The van der Waals surface area contributed by atoms with Gasteiger partial charge >= 0.3 is 6.18 Å². The van der Waals surface area contributed by atoms with Gasteiger partial charge in [0.15, 0.2) is 0 Å². The lowest BCUT2D eigenvalue weighted by Gasteiger charge is -2.22. The van der Waals surface area contributed by atoms with Crippen LogP contribution >= 0.6 is 0 Å². The molecule has 0 amide bonds. The number of pyridine rings is 1. The van der Waals surface area contributed by atoms with Crippen LogP contribution in [-0.2, 0) is 6.18 Å². The van der Waals surface area contributed by atoms with Crippen molar-refractivity contribution < 1.29 is 22.7 Å². The van der Waals surface area contributed by atoms with E-state index >= 15 is 0 Å². The van der Waals surface area contributed by atoms with Crippen molar-refractivity contribution in [2.45, 2.75) is 31.7 Å². The maximum absolute atomic E-state index is 13.4. The summed E-state index contributed by atoms with van der Waals surface area (Å²) in [5.41, 5.74) is 6.18. The molecule has 0 bridgehead atoms. The number of nitrogens with zero attached hydrogens (tertiary/aromatic N) is 2. The number of phenols is 1. The van der Waals surface area contributed by atoms with E-state index in [0.717, 1.165) is 6.07 Å². The molecule has 1 fully saturated rings. The number of nitrogen functional groups attached to an aromatic ring is 1. The van der Waals surface area contributed by atoms with Crippen LogP contribution in [-0.4, -0.2) is 41.6 Å². The highest BCUT2D eigenvalue weighted by molar-refractivity contribution is 5.87. The van der Waals surface area contributed by atoms with Crippen LogP contribution in [0.5, 0.6) is 5.75 Å². The van der Waals surface area contributed by atoms with E-state index in [4.69, 9.17) is 5.73 Å². The molecule has 1 saturated heterocycles. The van der Waals surface area contributed by atoms with E-state index in [0.29, 0.717) is 31.1 Å². The molecule has 4 N–H and O–H groups in total. The standard InChI is InChI=1S/C19H20F4N4O/c1-10-4-12(19(21,22)23)5-16(28)17(10)15-3-2-11(18(24)27-15)7-26-14-6-13(20)8-25-9-14/h2-5,7,13-14,25,28H,6,8-9H2,1H3,(H2,24,27)/t13-,14-/m0/s1. The Hall–Kier alpha value is -2.68. The Kier molecular flexibility index (Phi) is 5.55. The number of aliphatic imine (C=N–C) groups is 1. The molecular formula is C19H20F4N4O. The Balaban J connectivity index is 1.86. The first kappa shape index (κ1) is 20.1. The lowest BCUT2D eigenvalue weighted by Crippen LogP contribution is -2.39. The number of nitrogens with one attached hydrogen (secondary N) is 1. The molecule has 28 heavy (non-hydrogen) atoms. The van der Waals surface area contributed by atoms with Gasteiger partial charge in [-0.25, -0.2) is 9.37 Å². The predicted octanol–water partition coefficient (Wildman–Crippen LogP) is 3.48. The Morgan fingerprint density at radius 2 is 2.04 bits per heavy atom. The lowest BCUT2D eigenvalue weighted by atomic mass is 10.00. The van der Waals surface area contributed by atoms with Crippen LogP contribution in [0.25, 0.3) is 11.3 Å². The maximum atomic E-state index is 13.4. The maximum Gasteiger partial charge on any atom is 0.416 e. The number of piperidine rings is 1. The molecule has 0 spiro atoms. The SMILES string of the molecule is Cc1cc(C(F)(F)F)cc(O)c1-c1ccc(C=N[C@@H]2CNC[C@@H](F)C2)c(N)n1. The van der Waals surface area contributed by atoms with Gasteiger partial charge < -0.3 is 16.2 Å². The molecule has 0 unspecified atom stereocenters. The summed E-state index contributed by atoms with van der Waals surface area (Å²) in [6.07, 6.45) is -3.66. The minimum absolute atomic E-state index is 0.112. The highest BCUT2D eigenvalue weighted by atomic mass is 19.4. The van der Waals surface area contributed by atoms with Crippen LogP contribution in [0.15, 0.2) is 29.3 Å². The number of halogens is 4. The second-order valence-electron chi connectivity index (χ2n) is 6.78. The molecule has 1 aromatic carbocycles. The van der Waals surface area contributed by atoms with Gasteiger partial charge in [-0.15, -0.1) is 0 Å². The van der Waals surface area contributed by atoms with Crippen molar-refractivity contribution in [1.29, 1.82) is 0 Å². The summed E-state index contributed by atoms with van der Waals surface area (Å²) in [7, 11) is 0. The van der Waals surface area contributed by atoms with Crippen LogP contribution in [0, 0.1) is 6.92 Å². The summed E-state index contributed by atoms with van der Waals surface area (Å²) < 4.78 is 52.0. The predicted molar refractivity (Wildman–Crippen MR) is 99.3 cm³/mol. The molecule has 2 heterocycles. The molecule has 9 heteroatoms. The third-order valence-electron chi connectivity index (χ3n) is 4.55. The molecule has 0 aliphatic carbocycles. The van der Waals surface area contributed by atoms with E-state index in [1.165, 1.54) is 13.1 Å². The van der Waals surface area contributed by atoms with Crippen LogP contribution in [0.3, 0.4) is 0 Å². The van der Waals surface area contributed by atoms with Crippen molar-refractivity contribution >= 4 is 12.0 Å². The molecule has 150 valence electrons. The zero-order valence-electron chi connectivity index (χ0n) is 15.1. The van der Waals surface area contributed by atoms with Crippen molar-refractivity contribution in [3.8, 4) is 17.0 Å². The first-order valence-corrected chi connectivity index (χ1v) is 8.71. The summed E-state index contributed by atoms with van der Waals surface area (Å²) in [5.74, 6) is -0.413. The van der Waals surface area contributed by atoms with E-state index in [9.17, 15) is 22.7 Å². The molecular weight excluding hydrogens is 376 g/mol. The van der Waals surface area contributed by atoms with Gasteiger partial charge in [0.05, 0.1) is 17.3 Å². The van der Waals surface area contributed by atoms with Crippen LogP contribution < -0.4 is 11.1 Å². The fourth-order valence-electron chi connectivity index (χ4n) is 3.17. The summed E-state index contributed by atoms with van der Waals surface area (Å²) in [5, 5.41) is 13.0. The second-order valence-corrected chi connectivity index (χ2v) is 6.78. The molecule has 3 rings (SSSR count). The largest absolute Gasteiger partial charge is 0.507 e. The summed E-state index contributed by atoms with van der Waals surface area (Å²) in [6.45, 7) is 2.35. The number of aryl methyl sites for hydroxylation is 1. The van der Waals surface area contributed by atoms with E-state index < -0.39 is 23.7 Å². The number of aromatic nitrogens is 1. The first-order valence-electron chi connectivity index (χ1n) is 8.71. The van der Waals surface area contributed by atoms with E-state index in [2.05, 4.69) is 15.3 Å². The van der Waals surface area contributed by atoms with Gasteiger partial charge in [-0.05, 0) is 36.8 Å². The molecule has 5 nitrogen and oxygen atoms in total. The highest BCUT2D eigenvalue weighted by Gasteiger charge is 2.32. The van der Waals surface area contributed by atoms with Gasteiger partial charge in [0, 0.05) is 36.9 Å². The van der Waals surface area contributed by atoms with Crippen LogP contribution in [0.2, 0.25) is 0 Å². The number of aromatic hydroxyl groups is 1. The fourth-order valence-corrected chi connectivity index (χ4v) is 3.17. The van der Waals surface area contributed by atoms with Crippen LogP contribution in [0.4, 0.5) is 23.4 Å². The Morgan fingerprint density at radius 3 is 2.64 bits per heavy atom. The quantitative estimate of drug-likeness (QED) is 0.548. The zero-order valence-corrected chi connectivity index (χ0v) is 15.1. The van der Waals surface area contributed by atoms with Gasteiger partial charge in [-0.2, -0.15) is 13.2 Å². The molecule has 2 atom stereocenters. The molecule has 0 saturated carbocycles. The first-order chi connectivity index (χ1) is 13.1. The lowest BCUT2D eigenvalue weighted by molar-refractivity contribution is -0.137. The summed E-state index contributed by atoms with van der Waals surface area (Å²) >= 11 is 0. The Labute approximate surface area is 159 Å². The van der Waals surface area contributed by atoms with Crippen LogP contribution in [0.1, 0.15) is 23.1 Å². The topological polar surface area (TPSA) is 83.5 Å². The number of anilines is 1. The highest BCUT2D eigenvalue weighted by Crippen LogP contribution is 2.38. The van der Waals surface area contributed by atoms with E-state index in [1.807, 2.05) is 0 Å². The third kappa shape index (κ3) is 4.41. The van der Waals surface area contributed by atoms with Crippen molar-refractivity contribution in [2.24, 2.45) is 4.99 Å². The number of hydrogen-bond acceptors (Lipinski definition) is 5. The number of rotatable bonds is 3. The van der Waals surface area contributed by atoms with Gasteiger partial charge in [-0.3, -0.25) is 4.99 Å². The third-order valence-corrected chi connectivity index (χ3v) is 4.55. The van der Waals surface area contributed by atoms with Crippen molar-refractivity contribution in [1.82, 2.24) is 10.3 Å². The fraction of sp³-hybridized carbons (Fsp3) is 0.368. The van der Waals surface area contributed by atoms with Gasteiger partial charge in [0.1, 0.15) is 17.7 Å². The number of nitrogens with two attached hydrogens (primary N) is 1. The molecule has 1 aliphatic rings. The summed E-state index contributed by atoms with van der Waals surface area (Å²) in [6, 6.07) is 4.57. The number of hydrogen-bond donors (Lipinski definition) is 3. The monoisotopic (exact) mass is 396 g/mol. The van der Waals surface area contributed by atoms with Gasteiger partial charge in [-0.1, -0.05) is 0 Å². The van der Waals surface area contributed by atoms with E-state index in [-0.39, 0.29) is 28.7 Å². The molecule has 1 aliphatic heterocycles. The Bertz CT molecular complexity index is 875. The normalized spacial score (nSPS) is 20.6. The average molecular weight is 396 g/mol. The second kappa shape index (κ2) is 7.75. The summed E-state index contributed by atoms with van der Waals surface area (Å²) in [4.78, 5) is 8.51. The number of phenolic OH excluding ortho intramolecular Hbond substituents is 1. The number of alkyl halides is 4. The molecule has 0 radical (unpaired) electrons. The van der Waals surface area contributed by atoms with Crippen molar-refractivity contribution in [2.75, 3.05) is 18.8 Å². The average Bonchev–Trinajstić information content (AvgIpc) is 2.59. The van der Waals surface area contributed by atoms with Crippen molar-refractivity contribution in [3.05, 3.63) is 41.0 Å². The van der Waals surface area contributed by atoms with Crippen molar-refractivity contribution in [3.63, 3.8) is 0 Å². The molecule has 1 aromatic heterocycles. The smallest absolute Gasteiger partial charge is 0.416 e. The minimum atomic E-state index is -4.56. The van der Waals surface area contributed by atoms with E-state index in [1.54, 1.807) is 12.1 Å². The Morgan fingerprint density at radius 1 is 1.29 bits per heavy atom. The molecule has 2 aromatic rings. The number of benzene rings is 1. The zero-order chi connectivity index (χ0) is 20.5.